The summed E-state index contributed by atoms with van der Waals surface area (Å²) in [6.45, 7) is 3.67. The topological polar surface area (TPSA) is 75.5 Å². The molecular formula is C17H19N3O3. The molecule has 2 aromatic heterocycles. The van der Waals surface area contributed by atoms with Gasteiger partial charge in [-0.2, -0.15) is 0 Å². The molecule has 0 unspecified atom stereocenters. The Bertz CT molecular complexity index is 680. The highest BCUT2D eigenvalue weighted by Crippen LogP contribution is 2.23. The summed E-state index contributed by atoms with van der Waals surface area (Å²) in [4.78, 5) is 21.3. The molecule has 1 N–H and O–H groups in total. The first-order valence-corrected chi connectivity index (χ1v) is 7.65. The number of aromatic nitrogens is 2. The lowest BCUT2D eigenvalue weighted by molar-refractivity contribution is 0.0696. The predicted molar refractivity (Wildman–Crippen MR) is 86.0 cm³/mol. The summed E-state index contributed by atoms with van der Waals surface area (Å²) in [6.07, 6.45) is 6.95. The van der Waals surface area contributed by atoms with E-state index >= 15 is 0 Å². The molecular weight excluding hydrogens is 294 g/mol. The molecule has 23 heavy (non-hydrogen) atoms. The average molecular weight is 313 g/mol. The molecule has 0 aromatic carbocycles. The molecule has 3 heterocycles. The third-order valence-corrected chi connectivity index (χ3v) is 4.02. The van der Waals surface area contributed by atoms with Crippen molar-refractivity contribution in [3.05, 3.63) is 47.9 Å². The third kappa shape index (κ3) is 3.59. The van der Waals surface area contributed by atoms with Crippen LogP contribution in [0.1, 0.15) is 28.8 Å². The maximum absolute atomic E-state index is 10.9. The molecule has 0 spiro atoms. The zero-order valence-electron chi connectivity index (χ0n) is 13.0. The maximum Gasteiger partial charge on any atom is 0.337 e. The van der Waals surface area contributed by atoms with Gasteiger partial charge in [-0.3, -0.25) is 4.98 Å². The SMILES string of the molecule is Cc1cnccc1OC1CCN(c2ccc(C(=O)O)cn2)CC1. The van der Waals surface area contributed by atoms with Crippen LogP contribution in [0.15, 0.2) is 36.8 Å². The Morgan fingerprint density at radius 3 is 2.65 bits per heavy atom. The lowest BCUT2D eigenvalue weighted by atomic mass is 10.1. The Hall–Kier alpha value is -2.63. The molecule has 0 radical (unpaired) electrons. The second-order valence-electron chi connectivity index (χ2n) is 5.66. The first-order valence-electron chi connectivity index (χ1n) is 7.65. The quantitative estimate of drug-likeness (QED) is 0.935. The van der Waals surface area contributed by atoms with E-state index in [0.29, 0.717) is 0 Å². The summed E-state index contributed by atoms with van der Waals surface area (Å²) in [5.41, 5.74) is 1.25. The van der Waals surface area contributed by atoms with Gasteiger partial charge in [0.15, 0.2) is 0 Å². The van der Waals surface area contributed by atoms with Crippen LogP contribution in [0.25, 0.3) is 0 Å². The number of carboxylic acid groups (broad SMARTS) is 1. The number of rotatable bonds is 4. The smallest absolute Gasteiger partial charge is 0.337 e. The van der Waals surface area contributed by atoms with Gasteiger partial charge < -0.3 is 14.7 Å². The Balaban J connectivity index is 1.58. The zero-order valence-corrected chi connectivity index (χ0v) is 13.0. The van der Waals surface area contributed by atoms with Gasteiger partial charge in [-0.25, -0.2) is 9.78 Å². The van der Waals surface area contributed by atoms with E-state index in [1.165, 1.54) is 6.20 Å². The molecule has 0 bridgehead atoms. The van der Waals surface area contributed by atoms with Crippen LogP contribution in [0.3, 0.4) is 0 Å². The molecule has 1 aliphatic heterocycles. The number of pyridine rings is 2. The number of hydrogen-bond donors (Lipinski definition) is 1. The van der Waals surface area contributed by atoms with Gasteiger partial charge in [-0.1, -0.05) is 0 Å². The fourth-order valence-electron chi connectivity index (χ4n) is 2.67. The van der Waals surface area contributed by atoms with Crippen LogP contribution < -0.4 is 9.64 Å². The molecule has 0 atom stereocenters. The van der Waals surface area contributed by atoms with Crippen LogP contribution in [-0.2, 0) is 0 Å². The number of piperidine rings is 1. The van der Waals surface area contributed by atoms with Gasteiger partial charge in [0.25, 0.3) is 0 Å². The molecule has 1 fully saturated rings. The minimum Gasteiger partial charge on any atom is -0.490 e. The zero-order chi connectivity index (χ0) is 16.2. The van der Waals surface area contributed by atoms with E-state index in [2.05, 4.69) is 14.9 Å². The van der Waals surface area contributed by atoms with E-state index in [0.717, 1.165) is 43.1 Å². The fourth-order valence-corrected chi connectivity index (χ4v) is 2.67. The molecule has 6 nitrogen and oxygen atoms in total. The highest BCUT2D eigenvalue weighted by Gasteiger charge is 2.22. The Morgan fingerprint density at radius 2 is 2.04 bits per heavy atom. The minimum absolute atomic E-state index is 0.186. The average Bonchev–Trinajstić information content (AvgIpc) is 2.58. The third-order valence-electron chi connectivity index (χ3n) is 4.02. The number of hydrogen-bond acceptors (Lipinski definition) is 5. The fraction of sp³-hybridized carbons (Fsp3) is 0.353. The number of ether oxygens (including phenoxy) is 1. The summed E-state index contributed by atoms with van der Waals surface area (Å²) in [7, 11) is 0. The molecule has 1 saturated heterocycles. The van der Waals surface area contributed by atoms with Crippen molar-refractivity contribution in [1.29, 1.82) is 0 Å². The van der Waals surface area contributed by atoms with Gasteiger partial charge in [-0.15, -0.1) is 0 Å². The van der Waals surface area contributed by atoms with E-state index in [1.54, 1.807) is 24.5 Å². The number of aromatic carboxylic acids is 1. The summed E-state index contributed by atoms with van der Waals surface area (Å²) in [6, 6.07) is 5.25. The summed E-state index contributed by atoms with van der Waals surface area (Å²) in [5.74, 6) is 0.750. The van der Waals surface area contributed by atoms with E-state index in [-0.39, 0.29) is 11.7 Å². The predicted octanol–water partition coefficient (Wildman–Crippen LogP) is 2.53. The molecule has 2 aromatic rings. The van der Waals surface area contributed by atoms with Crippen molar-refractivity contribution >= 4 is 11.8 Å². The van der Waals surface area contributed by atoms with Crippen molar-refractivity contribution in [1.82, 2.24) is 9.97 Å². The Labute approximate surface area is 134 Å². The van der Waals surface area contributed by atoms with Gasteiger partial charge in [0.1, 0.15) is 17.7 Å². The summed E-state index contributed by atoms with van der Waals surface area (Å²) in [5, 5.41) is 8.91. The standard InChI is InChI=1S/C17H19N3O3/c1-12-10-18-7-4-15(12)23-14-5-8-20(9-6-14)16-3-2-13(11-19-16)17(21)22/h2-4,7,10-11,14H,5-6,8-9H2,1H3,(H,21,22). The molecule has 0 saturated carbocycles. The summed E-state index contributed by atoms with van der Waals surface area (Å²) < 4.78 is 6.06. The monoisotopic (exact) mass is 313 g/mol. The first kappa shape index (κ1) is 15.3. The van der Waals surface area contributed by atoms with Gasteiger partial charge in [0, 0.05) is 50.1 Å². The molecule has 3 rings (SSSR count). The van der Waals surface area contributed by atoms with E-state index < -0.39 is 5.97 Å². The van der Waals surface area contributed by atoms with Crippen LogP contribution in [-0.4, -0.2) is 40.2 Å². The van der Waals surface area contributed by atoms with E-state index in [1.807, 2.05) is 13.0 Å². The molecule has 1 aliphatic rings. The van der Waals surface area contributed by atoms with Crippen LogP contribution in [0, 0.1) is 6.92 Å². The van der Waals surface area contributed by atoms with Crippen LogP contribution in [0.2, 0.25) is 0 Å². The van der Waals surface area contributed by atoms with Crippen LogP contribution in [0.5, 0.6) is 5.75 Å². The number of anilines is 1. The minimum atomic E-state index is -0.955. The highest BCUT2D eigenvalue weighted by molar-refractivity contribution is 5.87. The number of carboxylic acids is 1. The second kappa shape index (κ2) is 6.64. The molecule has 6 heteroatoms. The number of carbonyl (C=O) groups is 1. The largest absolute Gasteiger partial charge is 0.490 e. The maximum atomic E-state index is 10.9. The molecule has 0 amide bonds. The van der Waals surface area contributed by atoms with Crippen molar-refractivity contribution in [3.8, 4) is 5.75 Å². The normalized spacial score (nSPS) is 15.4. The van der Waals surface area contributed by atoms with Crippen molar-refractivity contribution < 1.29 is 14.6 Å². The highest BCUT2D eigenvalue weighted by atomic mass is 16.5. The van der Waals surface area contributed by atoms with Gasteiger partial charge in [0.05, 0.1) is 5.56 Å². The second-order valence-corrected chi connectivity index (χ2v) is 5.66. The van der Waals surface area contributed by atoms with Crippen molar-refractivity contribution in [2.24, 2.45) is 0 Å². The van der Waals surface area contributed by atoms with Crippen LogP contribution in [0.4, 0.5) is 5.82 Å². The number of nitrogens with zero attached hydrogens (tertiary/aromatic N) is 3. The molecule has 0 aliphatic carbocycles. The lowest BCUT2D eigenvalue weighted by Crippen LogP contribution is -2.38. The van der Waals surface area contributed by atoms with Gasteiger partial charge in [-0.05, 0) is 25.1 Å². The summed E-state index contributed by atoms with van der Waals surface area (Å²) >= 11 is 0. The molecule has 120 valence electrons. The van der Waals surface area contributed by atoms with Gasteiger partial charge in [0.2, 0.25) is 0 Å². The van der Waals surface area contributed by atoms with Crippen molar-refractivity contribution in [3.63, 3.8) is 0 Å². The first-order chi connectivity index (χ1) is 11.1. The van der Waals surface area contributed by atoms with E-state index in [4.69, 9.17) is 9.84 Å². The van der Waals surface area contributed by atoms with Crippen molar-refractivity contribution in [2.45, 2.75) is 25.9 Å². The van der Waals surface area contributed by atoms with E-state index in [9.17, 15) is 4.79 Å². The Kier molecular flexibility index (Phi) is 4.41. The lowest BCUT2D eigenvalue weighted by Gasteiger charge is -2.33. The van der Waals surface area contributed by atoms with Crippen molar-refractivity contribution in [2.75, 3.05) is 18.0 Å². The van der Waals surface area contributed by atoms with Gasteiger partial charge >= 0.3 is 5.97 Å². The number of aryl methyl sites for hydroxylation is 1. The van der Waals surface area contributed by atoms with Crippen LogP contribution >= 0.6 is 0 Å². The Morgan fingerprint density at radius 1 is 1.26 bits per heavy atom.